The summed E-state index contributed by atoms with van der Waals surface area (Å²) in [5, 5.41) is 9.94. The van der Waals surface area contributed by atoms with E-state index in [0.717, 1.165) is 16.8 Å². The Hall–Kier alpha value is -4.37. The molecule has 1 amide bonds. The number of nitrogens with zero attached hydrogens (tertiary/aromatic N) is 2. The van der Waals surface area contributed by atoms with Crippen molar-refractivity contribution in [3.8, 4) is 17.2 Å². The first-order valence-corrected chi connectivity index (χ1v) is 13.6. The van der Waals surface area contributed by atoms with Crippen LogP contribution in [-0.2, 0) is 22.4 Å². The molecule has 0 bridgehead atoms. The van der Waals surface area contributed by atoms with Gasteiger partial charge >= 0.3 is 5.97 Å². The van der Waals surface area contributed by atoms with Crippen LogP contribution >= 0.6 is 0 Å². The summed E-state index contributed by atoms with van der Waals surface area (Å²) in [6.45, 7) is 10.3. The number of nitrogens with two attached hydrogens (primary N) is 2. The molecule has 1 aromatic heterocycles. The number of carboxylic acid groups (broad SMARTS) is 1. The standard InChI is InChI=1S/C28H29N3O5.C4H11N/c1-3-4-5-6-25(32)31-15-13-19-9-12-22(17-23(19)26(31)28(33)34)35-16-14-24-18(2)36-27(30-24)20-7-10-21(29)11-8-20;1-4(2,3)5/h3-12,17,26H,13-16,29H2,1-2H3,(H,33,34);5H2,1-3H3. The van der Waals surface area contributed by atoms with Crippen LogP contribution in [0.25, 0.3) is 11.5 Å². The Balaban J connectivity index is 0.000000850. The molecule has 0 fully saturated rings. The minimum atomic E-state index is -1.07. The highest BCUT2D eigenvalue weighted by Crippen LogP contribution is 2.33. The zero-order chi connectivity index (χ0) is 30.2. The molecular weight excluding hydrogens is 520 g/mol. The molecule has 41 heavy (non-hydrogen) atoms. The number of aromatic nitrogens is 1. The van der Waals surface area contributed by atoms with Crippen molar-refractivity contribution in [2.45, 2.75) is 59.0 Å². The molecule has 1 unspecified atom stereocenters. The number of allylic oxidation sites excluding steroid dienone is 3. The second-order valence-corrected chi connectivity index (χ2v) is 10.9. The van der Waals surface area contributed by atoms with Crippen LogP contribution in [0.5, 0.6) is 5.75 Å². The molecular formula is C32H40N4O5. The maximum absolute atomic E-state index is 12.7. The summed E-state index contributed by atoms with van der Waals surface area (Å²) >= 11 is 0. The van der Waals surface area contributed by atoms with Gasteiger partial charge in [0.25, 0.3) is 0 Å². The summed E-state index contributed by atoms with van der Waals surface area (Å²) in [5.74, 6) is 0.361. The number of aliphatic carboxylic acids is 1. The molecule has 9 heteroatoms. The molecule has 0 aliphatic carbocycles. The van der Waals surface area contributed by atoms with Crippen molar-refractivity contribution >= 4 is 17.6 Å². The topological polar surface area (TPSA) is 145 Å². The summed E-state index contributed by atoms with van der Waals surface area (Å²) in [6, 6.07) is 11.7. The van der Waals surface area contributed by atoms with Gasteiger partial charge in [0.2, 0.25) is 11.8 Å². The van der Waals surface area contributed by atoms with Crippen molar-refractivity contribution in [2.24, 2.45) is 5.73 Å². The molecule has 3 aromatic rings. The summed E-state index contributed by atoms with van der Waals surface area (Å²) in [4.78, 5) is 30.8. The van der Waals surface area contributed by atoms with Crippen molar-refractivity contribution in [2.75, 3.05) is 18.9 Å². The van der Waals surface area contributed by atoms with Crippen molar-refractivity contribution in [3.63, 3.8) is 0 Å². The highest BCUT2D eigenvalue weighted by molar-refractivity contribution is 5.92. The van der Waals surface area contributed by atoms with Crippen LogP contribution in [0.1, 0.15) is 56.3 Å². The third kappa shape index (κ3) is 9.08. The van der Waals surface area contributed by atoms with Gasteiger partial charge in [-0.25, -0.2) is 9.78 Å². The normalized spacial score (nSPS) is 15.0. The monoisotopic (exact) mass is 560 g/mol. The van der Waals surface area contributed by atoms with Crippen molar-refractivity contribution in [1.29, 1.82) is 0 Å². The first-order valence-electron chi connectivity index (χ1n) is 13.6. The number of benzene rings is 2. The van der Waals surface area contributed by atoms with Crippen LogP contribution in [0.2, 0.25) is 0 Å². The van der Waals surface area contributed by atoms with Crippen molar-refractivity contribution in [1.82, 2.24) is 9.88 Å². The molecule has 1 atom stereocenters. The highest BCUT2D eigenvalue weighted by atomic mass is 16.5. The maximum Gasteiger partial charge on any atom is 0.331 e. The number of rotatable bonds is 8. The fourth-order valence-electron chi connectivity index (χ4n) is 4.21. The maximum atomic E-state index is 12.7. The van der Waals surface area contributed by atoms with Crippen molar-refractivity contribution in [3.05, 3.63) is 89.3 Å². The molecule has 4 rings (SSSR count). The zero-order valence-electron chi connectivity index (χ0n) is 24.4. The molecule has 5 N–H and O–H groups in total. The van der Waals surface area contributed by atoms with Crippen molar-refractivity contribution < 1.29 is 23.8 Å². The van der Waals surface area contributed by atoms with E-state index >= 15 is 0 Å². The van der Waals surface area contributed by atoms with E-state index in [4.69, 9.17) is 20.6 Å². The predicted octanol–water partition coefficient (Wildman–Crippen LogP) is 5.24. The average molecular weight is 561 g/mol. The Kier molecular flexibility index (Phi) is 10.5. The van der Waals surface area contributed by atoms with Gasteiger partial charge in [-0.15, -0.1) is 0 Å². The number of ether oxygens (including phenoxy) is 1. The van der Waals surface area contributed by atoms with E-state index in [-0.39, 0.29) is 11.4 Å². The van der Waals surface area contributed by atoms with Gasteiger partial charge in [-0.2, -0.15) is 0 Å². The zero-order valence-corrected chi connectivity index (χ0v) is 24.4. The summed E-state index contributed by atoms with van der Waals surface area (Å²) < 4.78 is 11.8. The number of oxazole rings is 1. The van der Waals surface area contributed by atoms with E-state index in [1.807, 2.05) is 58.9 Å². The number of fused-ring (bicyclic) bond motifs is 1. The van der Waals surface area contributed by atoms with Gasteiger partial charge in [-0.3, -0.25) is 4.79 Å². The molecule has 1 aliphatic rings. The number of nitrogen functional groups attached to an aromatic ring is 1. The lowest BCUT2D eigenvalue weighted by molar-refractivity contribution is -0.149. The Bertz CT molecular complexity index is 1390. The van der Waals surface area contributed by atoms with E-state index in [0.29, 0.717) is 54.6 Å². The van der Waals surface area contributed by atoms with Crippen LogP contribution in [0, 0.1) is 6.92 Å². The number of carboxylic acids is 1. The molecule has 1 aliphatic heterocycles. The molecule has 9 nitrogen and oxygen atoms in total. The minimum Gasteiger partial charge on any atom is -0.493 e. The Morgan fingerprint density at radius 2 is 1.85 bits per heavy atom. The Morgan fingerprint density at radius 3 is 2.49 bits per heavy atom. The number of amides is 1. The van der Waals surface area contributed by atoms with Gasteiger partial charge in [0.05, 0.1) is 12.3 Å². The van der Waals surface area contributed by atoms with Crippen LogP contribution in [0.3, 0.4) is 0 Å². The van der Waals surface area contributed by atoms with E-state index in [1.165, 1.54) is 11.0 Å². The molecule has 2 aromatic carbocycles. The van der Waals surface area contributed by atoms with Gasteiger partial charge in [0.1, 0.15) is 11.5 Å². The van der Waals surface area contributed by atoms with Gasteiger partial charge < -0.3 is 30.6 Å². The summed E-state index contributed by atoms with van der Waals surface area (Å²) in [5.41, 5.74) is 14.9. The Morgan fingerprint density at radius 1 is 1.17 bits per heavy atom. The fourth-order valence-corrected chi connectivity index (χ4v) is 4.21. The van der Waals surface area contributed by atoms with E-state index in [9.17, 15) is 14.7 Å². The van der Waals surface area contributed by atoms with Crippen LogP contribution in [0.15, 0.2) is 71.2 Å². The molecule has 0 spiro atoms. The van der Waals surface area contributed by atoms with Gasteiger partial charge in [0.15, 0.2) is 6.04 Å². The lowest BCUT2D eigenvalue weighted by Crippen LogP contribution is -2.42. The van der Waals surface area contributed by atoms with E-state index < -0.39 is 12.0 Å². The highest BCUT2D eigenvalue weighted by Gasteiger charge is 2.35. The molecule has 218 valence electrons. The van der Waals surface area contributed by atoms with Gasteiger partial charge in [-0.1, -0.05) is 24.3 Å². The smallest absolute Gasteiger partial charge is 0.331 e. The Labute approximate surface area is 241 Å². The van der Waals surface area contributed by atoms with Crippen LogP contribution in [-0.4, -0.2) is 45.6 Å². The van der Waals surface area contributed by atoms with E-state index in [2.05, 4.69) is 4.98 Å². The second kappa shape index (κ2) is 13.8. The number of anilines is 1. The van der Waals surface area contributed by atoms with Gasteiger partial charge in [0, 0.05) is 35.8 Å². The second-order valence-electron chi connectivity index (χ2n) is 10.9. The first kappa shape index (κ1) is 31.2. The third-order valence-electron chi connectivity index (χ3n) is 6.06. The molecule has 0 radical (unpaired) electrons. The van der Waals surface area contributed by atoms with Crippen LogP contribution < -0.4 is 16.2 Å². The van der Waals surface area contributed by atoms with Gasteiger partial charge in [-0.05, 0) is 88.6 Å². The van der Waals surface area contributed by atoms with Crippen LogP contribution in [0.4, 0.5) is 5.69 Å². The number of hydrogen-bond donors (Lipinski definition) is 3. The molecule has 0 saturated heterocycles. The fraction of sp³-hybridized carbons (Fsp3) is 0.344. The lowest BCUT2D eigenvalue weighted by Gasteiger charge is -2.34. The number of carbonyl (C=O) groups is 2. The lowest BCUT2D eigenvalue weighted by atomic mass is 9.92. The predicted molar refractivity (Wildman–Crippen MR) is 160 cm³/mol. The molecule has 2 heterocycles. The quantitative estimate of drug-likeness (QED) is 0.193. The largest absolute Gasteiger partial charge is 0.493 e. The summed E-state index contributed by atoms with van der Waals surface area (Å²) in [6.07, 6.45) is 7.62. The minimum absolute atomic E-state index is 0. The third-order valence-corrected chi connectivity index (χ3v) is 6.06. The first-order chi connectivity index (χ1) is 19.4. The molecule has 0 saturated carbocycles. The number of carbonyl (C=O) groups excluding carboxylic acids is 1. The number of aryl methyl sites for hydroxylation is 1. The van der Waals surface area contributed by atoms with E-state index in [1.54, 1.807) is 36.4 Å². The average Bonchev–Trinajstić information content (AvgIpc) is 3.27. The number of hydrogen-bond acceptors (Lipinski definition) is 7. The summed E-state index contributed by atoms with van der Waals surface area (Å²) in [7, 11) is 0. The SMILES string of the molecule is CC(C)(C)N.CC=CC=CC(=O)N1CCc2ccc(OCCc3nc(-c4ccc(N)cc4)oc3C)cc2C1C(=O)O.